The van der Waals surface area contributed by atoms with Crippen molar-refractivity contribution >= 4 is 11.4 Å². The number of rotatable bonds is 5. The van der Waals surface area contributed by atoms with E-state index in [0.717, 1.165) is 6.42 Å². The van der Waals surface area contributed by atoms with Crippen LogP contribution in [0.1, 0.15) is 19.8 Å². The highest BCUT2D eigenvalue weighted by atomic mass is 19.1. The van der Waals surface area contributed by atoms with Gasteiger partial charge >= 0.3 is 0 Å². The second-order valence-corrected chi connectivity index (χ2v) is 3.55. The first kappa shape index (κ1) is 11.8. The maximum Gasteiger partial charge on any atom is 0.127 e. The molecule has 3 nitrogen and oxygen atoms in total. The van der Waals surface area contributed by atoms with Gasteiger partial charge in [-0.05, 0) is 31.0 Å². The fourth-order valence-corrected chi connectivity index (χ4v) is 1.30. The van der Waals surface area contributed by atoms with Gasteiger partial charge in [0.15, 0.2) is 0 Å². The van der Waals surface area contributed by atoms with E-state index in [9.17, 15) is 9.50 Å². The molecule has 0 heterocycles. The number of nitrogen functional groups attached to an aromatic ring is 1. The third kappa shape index (κ3) is 4.16. The molecule has 1 rings (SSSR count). The topological polar surface area (TPSA) is 58.3 Å². The molecule has 0 spiro atoms. The number of nitrogens with two attached hydrogens (primary N) is 1. The maximum atomic E-state index is 12.9. The predicted molar refractivity (Wildman–Crippen MR) is 60.2 cm³/mol. The van der Waals surface area contributed by atoms with E-state index in [0.29, 0.717) is 24.3 Å². The third-order valence-electron chi connectivity index (χ3n) is 2.20. The lowest BCUT2D eigenvalue weighted by Gasteiger charge is -2.10. The third-order valence-corrected chi connectivity index (χ3v) is 2.20. The lowest BCUT2D eigenvalue weighted by Crippen LogP contribution is -2.12. The molecule has 84 valence electrons. The van der Waals surface area contributed by atoms with Crippen LogP contribution in [0.3, 0.4) is 0 Å². The predicted octanol–water partition coefficient (Wildman–Crippen LogP) is 1.98. The maximum absolute atomic E-state index is 12.9. The molecule has 0 radical (unpaired) electrons. The van der Waals surface area contributed by atoms with Crippen LogP contribution in [0.5, 0.6) is 0 Å². The minimum atomic E-state index is -0.353. The molecule has 4 heteroatoms. The molecule has 4 N–H and O–H groups in total. The van der Waals surface area contributed by atoms with Gasteiger partial charge in [-0.1, -0.05) is 6.92 Å². The van der Waals surface area contributed by atoms with Crippen LogP contribution in [-0.4, -0.2) is 17.8 Å². The molecule has 0 amide bonds. The van der Waals surface area contributed by atoms with Crippen LogP contribution in [-0.2, 0) is 0 Å². The lowest BCUT2D eigenvalue weighted by molar-refractivity contribution is 0.164. The Hall–Kier alpha value is -1.29. The van der Waals surface area contributed by atoms with Crippen molar-refractivity contribution in [3.63, 3.8) is 0 Å². The summed E-state index contributed by atoms with van der Waals surface area (Å²) < 4.78 is 12.9. The zero-order valence-electron chi connectivity index (χ0n) is 8.83. The molecule has 0 saturated carbocycles. The van der Waals surface area contributed by atoms with Gasteiger partial charge in [-0.25, -0.2) is 4.39 Å². The van der Waals surface area contributed by atoms with E-state index in [2.05, 4.69) is 5.32 Å². The molecule has 1 atom stereocenters. The van der Waals surface area contributed by atoms with E-state index in [1.54, 1.807) is 6.07 Å². The quantitative estimate of drug-likeness (QED) is 0.654. The highest BCUT2D eigenvalue weighted by molar-refractivity contribution is 5.54. The van der Waals surface area contributed by atoms with E-state index in [-0.39, 0.29) is 11.9 Å². The second-order valence-electron chi connectivity index (χ2n) is 3.55. The van der Waals surface area contributed by atoms with E-state index in [4.69, 9.17) is 5.73 Å². The van der Waals surface area contributed by atoms with Gasteiger partial charge in [0.25, 0.3) is 0 Å². The van der Waals surface area contributed by atoms with Crippen molar-refractivity contribution in [2.45, 2.75) is 25.9 Å². The van der Waals surface area contributed by atoms with Gasteiger partial charge in [0.2, 0.25) is 0 Å². The number of anilines is 2. The van der Waals surface area contributed by atoms with Crippen LogP contribution < -0.4 is 11.1 Å². The van der Waals surface area contributed by atoms with Gasteiger partial charge in [0.05, 0.1) is 6.10 Å². The number of hydrogen-bond acceptors (Lipinski definition) is 3. The summed E-state index contributed by atoms with van der Waals surface area (Å²) in [7, 11) is 0. The van der Waals surface area contributed by atoms with Gasteiger partial charge in [-0.3, -0.25) is 0 Å². The molecular weight excluding hydrogens is 195 g/mol. The molecule has 1 unspecified atom stereocenters. The van der Waals surface area contributed by atoms with Gasteiger partial charge in [0, 0.05) is 17.9 Å². The van der Waals surface area contributed by atoms with Crippen LogP contribution >= 0.6 is 0 Å². The van der Waals surface area contributed by atoms with Crippen molar-refractivity contribution in [2.75, 3.05) is 17.6 Å². The van der Waals surface area contributed by atoms with Crippen molar-refractivity contribution < 1.29 is 9.50 Å². The monoisotopic (exact) mass is 212 g/mol. The van der Waals surface area contributed by atoms with Crippen LogP contribution in [0.15, 0.2) is 18.2 Å². The number of hydrogen-bond donors (Lipinski definition) is 3. The second kappa shape index (κ2) is 5.56. The fourth-order valence-electron chi connectivity index (χ4n) is 1.30. The summed E-state index contributed by atoms with van der Waals surface area (Å²) in [6, 6.07) is 4.32. The van der Waals surface area contributed by atoms with Gasteiger partial charge in [0.1, 0.15) is 5.82 Å². The van der Waals surface area contributed by atoms with Crippen molar-refractivity contribution in [3.05, 3.63) is 24.0 Å². The molecule has 0 aliphatic heterocycles. The Morgan fingerprint density at radius 3 is 2.80 bits per heavy atom. The Labute approximate surface area is 89.1 Å². The summed E-state index contributed by atoms with van der Waals surface area (Å²) in [5.74, 6) is -0.353. The zero-order valence-corrected chi connectivity index (χ0v) is 8.83. The normalized spacial score (nSPS) is 12.5. The molecule has 1 aromatic carbocycles. The standard InChI is InChI=1S/C11H17FN2O/c1-2-11(15)3-4-14-10-6-8(12)5-9(13)7-10/h5-7,11,14-15H,2-4,13H2,1H3. The minimum Gasteiger partial charge on any atom is -0.399 e. The lowest BCUT2D eigenvalue weighted by atomic mass is 10.2. The number of benzene rings is 1. The Morgan fingerprint density at radius 2 is 2.20 bits per heavy atom. The fraction of sp³-hybridized carbons (Fsp3) is 0.455. The molecule has 0 aliphatic rings. The van der Waals surface area contributed by atoms with E-state index in [1.807, 2.05) is 6.92 Å². The van der Waals surface area contributed by atoms with Crippen molar-refractivity contribution in [3.8, 4) is 0 Å². The summed E-state index contributed by atoms with van der Waals surface area (Å²) in [6.07, 6.45) is 1.07. The molecule has 0 fully saturated rings. The SMILES string of the molecule is CCC(O)CCNc1cc(N)cc(F)c1. The van der Waals surface area contributed by atoms with Crippen molar-refractivity contribution in [1.29, 1.82) is 0 Å². The molecule has 0 aromatic heterocycles. The summed E-state index contributed by atoms with van der Waals surface area (Å²) in [4.78, 5) is 0. The first-order chi connectivity index (χ1) is 7.11. The van der Waals surface area contributed by atoms with E-state index >= 15 is 0 Å². The molecule has 1 aromatic rings. The molecule has 0 aliphatic carbocycles. The number of aliphatic hydroxyl groups excluding tert-OH is 1. The molecular formula is C11H17FN2O. The van der Waals surface area contributed by atoms with Gasteiger partial charge in [-0.15, -0.1) is 0 Å². The highest BCUT2D eigenvalue weighted by Crippen LogP contribution is 2.15. The van der Waals surface area contributed by atoms with Crippen molar-refractivity contribution in [1.82, 2.24) is 0 Å². The summed E-state index contributed by atoms with van der Waals surface area (Å²) in [6.45, 7) is 2.53. The molecule has 0 bridgehead atoms. The average molecular weight is 212 g/mol. The van der Waals surface area contributed by atoms with E-state index < -0.39 is 0 Å². The first-order valence-corrected chi connectivity index (χ1v) is 5.10. The van der Waals surface area contributed by atoms with Gasteiger partial charge < -0.3 is 16.2 Å². The van der Waals surface area contributed by atoms with Gasteiger partial charge in [-0.2, -0.15) is 0 Å². The molecule has 0 saturated heterocycles. The van der Waals surface area contributed by atoms with Crippen molar-refractivity contribution in [2.24, 2.45) is 0 Å². The Balaban J connectivity index is 2.43. The van der Waals surface area contributed by atoms with Crippen LogP contribution in [0, 0.1) is 5.82 Å². The van der Waals surface area contributed by atoms with Crippen LogP contribution in [0.4, 0.5) is 15.8 Å². The smallest absolute Gasteiger partial charge is 0.127 e. The Bertz CT molecular complexity index is 297. The Morgan fingerprint density at radius 1 is 1.47 bits per heavy atom. The summed E-state index contributed by atoms with van der Waals surface area (Å²) in [5, 5.41) is 12.3. The van der Waals surface area contributed by atoms with Crippen LogP contribution in [0.25, 0.3) is 0 Å². The summed E-state index contributed by atoms with van der Waals surface area (Å²) in [5.41, 5.74) is 6.53. The van der Waals surface area contributed by atoms with E-state index in [1.165, 1.54) is 12.1 Å². The number of halogens is 1. The van der Waals surface area contributed by atoms with Crippen LogP contribution in [0.2, 0.25) is 0 Å². The zero-order chi connectivity index (χ0) is 11.3. The summed E-state index contributed by atoms with van der Waals surface area (Å²) >= 11 is 0. The highest BCUT2D eigenvalue weighted by Gasteiger charge is 2.01. The number of aliphatic hydroxyl groups is 1. The average Bonchev–Trinajstić information content (AvgIpc) is 2.16. The molecule has 15 heavy (non-hydrogen) atoms. The number of nitrogens with one attached hydrogen (secondary N) is 1. The largest absolute Gasteiger partial charge is 0.399 e. The minimum absolute atomic E-state index is 0.302. The first-order valence-electron chi connectivity index (χ1n) is 5.10. The Kier molecular flexibility index (Phi) is 4.37.